The van der Waals surface area contributed by atoms with Gasteiger partial charge in [-0.05, 0) is 47.9 Å². The number of rotatable bonds is 3. The summed E-state index contributed by atoms with van der Waals surface area (Å²) in [5.74, 6) is 0.388. The number of halogens is 1. The number of hydrogen-bond donors (Lipinski definition) is 1. The van der Waals surface area contributed by atoms with E-state index in [2.05, 4.69) is 5.32 Å². The predicted molar refractivity (Wildman–Crippen MR) is 103 cm³/mol. The lowest BCUT2D eigenvalue weighted by atomic mass is 9.81. The molecule has 1 saturated heterocycles. The van der Waals surface area contributed by atoms with E-state index in [4.69, 9.17) is 4.74 Å². The largest absolute Gasteiger partial charge is 0.497 e. The molecule has 1 N–H and O–H groups in total. The lowest BCUT2D eigenvalue weighted by Gasteiger charge is -2.24. The lowest BCUT2D eigenvalue weighted by molar-refractivity contribution is -0.122. The Labute approximate surface area is 162 Å². The molecule has 0 radical (unpaired) electrons. The number of methoxy groups -OCH3 is 1. The first-order valence-electron chi connectivity index (χ1n) is 9.18. The van der Waals surface area contributed by atoms with E-state index in [1.807, 2.05) is 18.2 Å². The molecule has 2 aromatic rings. The van der Waals surface area contributed by atoms with E-state index < -0.39 is 5.41 Å². The molecule has 6 nitrogen and oxygen atoms in total. The van der Waals surface area contributed by atoms with E-state index >= 15 is 0 Å². The molecule has 0 aliphatic carbocycles. The Balaban J connectivity index is 1.51. The molecule has 146 valence electrons. The summed E-state index contributed by atoms with van der Waals surface area (Å²) in [7, 11) is 3.36. The van der Waals surface area contributed by atoms with Crippen LogP contribution in [0.5, 0.6) is 5.75 Å². The Bertz CT molecular complexity index is 931. The molecule has 1 atom stereocenters. The van der Waals surface area contributed by atoms with E-state index in [9.17, 15) is 14.0 Å². The molecule has 3 amide bonds. The molecule has 0 aromatic heterocycles. The molecule has 28 heavy (non-hydrogen) atoms. The Hall–Kier alpha value is -3.09. The second-order valence-electron chi connectivity index (χ2n) is 7.29. The zero-order chi connectivity index (χ0) is 19.9. The van der Waals surface area contributed by atoms with Gasteiger partial charge >= 0.3 is 6.03 Å². The van der Waals surface area contributed by atoms with Gasteiger partial charge < -0.3 is 19.9 Å². The van der Waals surface area contributed by atoms with Crippen LogP contribution in [0.1, 0.15) is 17.5 Å². The van der Waals surface area contributed by atoms with Crippen LogP contribution in [0.3, 0.4) is 0 Å². The maximum absolute atomic E-state index is 13.1. The summed E-state index contributed by atoms with van der Waals surface area (Å²) < 4.78 is 18.3. The van der Waals surface area contributed by atoms with Gasteiger partial charge in [0.1, 0.15) is 11.6 Å². The summed E-state index contributed by atoms with van der Waals surface area (Å²) >= 11 is 0. The Kier molecular flexibility index (Phi) is 4.45. The highest BCUT2D eigenvalue weighted by molar-refractivity contribution is 6.08. The van der Waals surface area contributed by atoms with Crippen LogP contribution in [0.2, 0.25) is 0 Å². The summed E-state index contributed by atoms with van der Waals surface area (Å²) in [4.78, 5) is 29.0. The van der Waals surface area contributed by atoms with Crippen LogP contribution in [0, 0.1) is 5.82 Å². The molecule has 2 heterocycles. The first kappa shape index (κ1) is 18.3. The van der Waals surface area contributed by atoms with Crippen molar-refractivity contribution >= 4 is 17.6 Å². The second-order valence-corrected chi connectivity index (χ2v) is 7.29. The van der Waals surface area contributed by atoms with E-state index in [0.717, 1.165) is 16.8 Å². The summed E-state index contributed by atoms with van der Waals surface area (Å²) in [6.45, 7) is 1.12. The summed E-state index contributed by atoms with van der Waals surface area (Å²) in [6.07, 6.45) is 0.570. The molecule has 0 bridgehead atoms. The Morgan fingerprint density at radius 3 is 2.71 bits per heavy atom. The number of anilines is 1. The number of likely N-dealkylation sites (N-methyl/N-ethyl adjacent to an activating group) is 1. The minimum absolute atomic E-state index is 0.00425. The van der Waals surface area contributed by atoms with Crippen molar-refractivity contribution in [2.24, 2.45) is 0 Å². The van der Waals surface area contributed by atoms with Crippen LogP contribution in [-0.2, 0) is 16.8 Å². The van der Waals surface area contributed by atoms with Gasteiger partial charge in [0.25, 0.3) is 0 Å². The van der Waals surface area contributed by atoms with Gasteiger partial charge in [0, 0.05) is 32.4 Å². The van der Waals surface area contributed by atoms with Gasteiger partial charge in [-0.25, -0.2) is 9.18 Å². The molecule has 1 fully saturated rings. The smallest absolute Gasteiger partial charge is 0.317 e. The summed E-state index contributed by atoms with van der Waals surface area (Å²) in [5, 5.41) is 2.85. The normalized spacial score (nSPS) is 20.6. The molecule has 2 aromatic carbocycles. The quantitative estimate of drug-likeness (QED) is 0.887. The van der Waals surface area contributed by atoms with E-state index in [-0.39, 0.29) is 17.8 Å². The first-order valence-corrected chi connectivity index (χ1v) is 9.18. The third kappa shape index (κ3) is 2.87. The topological polar surface area (TPSA) is 61.9 Å². The Morgan fingerprint density at radius 1 is 1.25 bits per heavy atom. The van der Waals surface area contributed by atoms with Crippen LogP contribution in [-0.4, -0.2) is 44.1 Å². The fourth-order valence-electron chi connectivity index (χ4n) is 4.13. The van der Waals surface area contributed by atoms with Gasteiger partial charge in [0.15, 0.2) is 0 Å². The van der Waals surface area contributed by atoms with Crippen molar-refractivity contribution in [1.82, 2.24) is 10.2 Å². The number of ether oxygens (including phenoxy) is 1. The molecule has 4 rings (SSSR count). The molecular formula is C21H22FN3O3. The van der Waals surface area contributed by atoms with Crippen molar-refractivity contribution < 1.29 is 18.7 Å². The third-order valence-electron chi connectivity index (χ3n) is 5.71. The molecular weight excluding hydrogens is 361 g/mol. The van der Waals surface area contributed by atoms with Crippen LogP contribution in [0.25, 0.3) is 0 Å². The number of nitrogens with one attached hydrogen (secondary N) is 1. The van der Waals surface area contributed by atoms with Gasteiger partial charge in [0.05, 0.1) is 12.5 Å². The number of amides is 3. The molecule has 2 aliphatic rings. The zero-order valence-electron chi connectivity index (χ0n) is 15.9. The van der Waals surface area contributed by atoms with E-state index in [1.54, 1.807) is 36.1 Å². The highest BCUT2D eigenvalue weighted by Gasteiger charge is 2.54. The van der Waals surface area contributed by atoms with Crippen LogP contribution < -0.4 is 15.0 Å². The fraction of sp³-hybridized carbons (Fsp3) is 0.333. The summed E-state index contributed by atoms with van der Waals surface area (Å²) in [5.41, 5.74) is 1.86. The average molecular weight is 383 g/mol. The number of likely N-dealkylation sites (tertiary alicyclic amines) is 1. The van der Waals surface area contributed by atoms with Gasteiger partial charge in [-0.15, -0.1) is 0 Å². The highest BCUT2D eigenvalue weighted by atomic mass is 19.1. The van der Waals surface area contributed by atoms with E-state index in [0.29, 0.717) is 31.8 Å². The first-order chi connectivity index (χ1) is 13.4. The van der Waals surface area contributed by atoms with Gasteiger partial charge in [-0.2, -0.15) is 0 Å². The van der Waals surface area contributed by atoms with Gasteiger partial charge in [-0.3, -0.25) is 4.79 Å². The molecule has 0 unspecified atom stereocenters. The number of fused-ring (bicyclic) bond motifs is 2. The monoisotopic (exact) mass is 383 g/mol. The number of benzene rings is 2. The van der Waals surface area contributed by atoms with Crippen molar-refractivity contribution in [1.29, 1.82) is 0 Å². The number of carbonyl (C=O) groups is 2. The lowest BCUT2D eigenvalue weighted by Crippen LogP contribution is -2.44. The predicted octanol–water partition coefficient (Wildman–Crippen LogP) is 2.66. The van der Waals surface area contributed by atoms with Crippen LogP contribution >= 0.6 is 0 Å². The van der Waals surface area contributed by atoms with Crippen molar-refractivity contribution in [3.63, 3.8) is 0 Å². The van der Waals surface area contributed by atoms with Crippen molar-refractivity contribution in [3.8, 4) is 5.75 Å². The molecule has 1 spiro atoms. The SMILES string of the molecule is COc1ccc2c(c1)[C@@]1(CCN(C(=O)NCc3ccc(F)cc3)C1)C(=O)N2C. The van der Waals surface area contributed by atoms with Crippen molar-refractivity contribution in [2.45, 2.75) is 18.4 Å². The summed E-state index contributed by atoms with van der Waals surface area (Å²) in [6, 6.07) is 11.4. The average Bonchev–Trinajstić information content (AvgIpc) is 3.25. The standard InChI is InChI=1S/C21H22FN3O3/c1-24-18-8-7-16(28-2)11-17(18)21(19(24)26)9-10-25(13-21)20(27)23-12-14-3-5-15(22)6-4-14/h3-8,11H,9-10,12-13H2,1-2H3,(H,23,27)/t21-/m0/s1. The maximum atomic E-state index is 13.1. The van der Waals surface area contributed by atoms with E-state index in [1.165, 1.54) is 12.1 Å². The van der Waals surface area contributed by atoms with Crippen LogP contribution in [0.15, 0.2) is 42.5 Å². The molecule has 2 aliphatic heterocycles. The fourth-order valence-corrected chi connectivity index (χ4v) is 4.13. The number of nitrogens with zero attached hydrogens (tertiary/aromatic N) is 2. The van der Waals surface area contributed by atoms with Crippen molar-refractivity contribution in [2.75, 3.05) is 32.1 Å². The number of carbonyl (C=O) groups excluding carboxylic acids is 2. The van der Waals surface area contributed by atoms with Gasteiger partial charge in [0.2, 0.25) is 5.91 Å². The van der Waals surface area contributed by atoms with Gasteiger partial charge in [-0.1, -0.05) is 12.1 Å². The zero-order valence-corrected chi connectivity index (χ0v) is 15.9. The molecule has 0 saturated carbocycles. The third-order valence-corrected chi connectivity index (χ3v) is 5.71. The minimum Gasteiger partial charge on any atom is -0.497 e. The number of urea groups is 1. The Morgan fingerprint density at radius 2 is 2.00 bits per heavy atom. The second kappa shape index (κ2) is 6.82. The minimum atomic E-state index is -0.730. The molecule has 7 heteroatoms. The van der Waals surface area contributed by atoms with Crippen molar-refractivity contribution in [3.05, 3.63) is 59.4 Å². The number of hydrogen-bond acceptors (Lipinski definition) is 3. The van der Waals surface area contributed by atoms with Crippen LogP contribution in [0.4, 0.5) is 14.9 Å². The highest BCUT2D eigenvalue weighted by Crippen LogP contribution is 2.47. The maximum Gasteiger partial charge on any atom is 0.317 e.